The first kappa shape index (κ1) is 28.7. The fourth-order valence-electron chi connectivity index (χ4n) is 4.09. The molecule has 212 valence electrons. The molecular formula is C27H30F4N8O. The van der Waals surface area contributed by atoms with Crippen LogP contribution < -0.4 is 10.2 Å². The molecule has 1 amide bonds. The van der Waals surface area contributed by atoms with Crippen molar-refractivity contribution in [1.82, 2.24) is 29.7 Å². The van der Waals surface area contributed by atoms with Crippen LogP contribution in [0.25, 0.3) is 16.9 Å². The number of carbonyl (C=O) groups excluding carboxylic acids is 1. The highest BCUT2D eigenvalue weighted by Crippen LogP contribution is 2.37. The Morgan fingerprint density at radius 3 is 2.42 bits per heavy atom. The van der Waals surface area contributed by atoms with E-state index < -0.39 is 23.5 Å². The molecule has 0 spiro atoms. The number of nitrogens with one attached hydrogen (secondary N) is 1. The molecule has 4 rings (SSSR count). The number of hydrogen-bond acceptors (Lipinski definition) is 6. The fraction of sp³-hybridized carbons (Fsp3) is 0.333. The van der Waals surface area contributed by atoms with E-state index >= 15 is 0 Å². The number of rotatable bonds is 8. The highest BCUT2D eigenvalue weighted by molar-refractivity contribution is 6.05. The van der Waals surface area contributed by atoms with Crippen molar-refractivity contribution in [2.45, 2.75) is 20.0 Å². The Kier molecular flexibility index (Phi) is 7.96. The highest BCUT2D eigenvalue weighted by Gasteiger charge is 2.36. The molecule has 9 nitrogen and oxygen atoms in total. The van der Waals surface area contributed by atoms with E-state index in [0.29, 0.717) is 24.0 Å². The summed E-state index contributed by atoms with van der Waals surface area (Å²) in [5.41, 5.74) is 1.94. The van der Waals surface area contributed by atoms with E-state index in [4.69, 9.17) is 0 Å². The van der Waals surface area contributed by atoms with Gasteiger partial charge in [-0.25, -0.2) is 9.07 Å². The van der Waals surface area contributed by atoms with Crippen LogP contribution in [0, 0.1) is 19.7 Å². The van der Waals surface area contributed by atoms with Gasteiger partial charge in [-0.05, 0) is 57.8 Å². The molecule has 2 aromatic carbocycles. The SMILES string of the molecule is Cc1ccc(C(=O)Nc2cc(N(C)CCN(C)C)c(F)c(C(F)(F)F)c2)cc1-n1cc(-c2cnn(C)c2C)nn1. The van der Waals surface area contributed by atoms with Crippen molar-refractivity contribution in [3.05, 3.63) is 70.9 Å². The Balaban J connectivity index is 1.64. The molecule has 13 heteroatoms. The second-order valence-corrected chi connectivity index (χ2v) is 9.85. The number of nitrogens with zero attached hydrogens (tertiary/aromatic N) is 7. The molecule has 0 atom stereocenters. The van der Waals surface area contributed by atoms with Crippen molar-refractivity contribution in [2.75, 3.05) is 44.4 Å². The van der Waals surface area contributed by atoms with Crippen LogP contribution in [0.5, 0.6) is 0 Å². The fourth-order valence-corrected chi connectivity index (χ4v) is 4.09. The Bertz CT molecular complexity index is 1540. The van der Waals surface area contributed by atoms with Gasteiger partial charge in [-0.15, -0.1) is 5.10 Å². The van der Waals surface area contributed by atoms with Gasteiger partial charge in [-0.2, -0.15) is 18.3 Å². The minimum atomic E-state index is -4.95. The van der Waals surface area contributed by atoms with Crippen LogP contribution in [-0.2, 0) is 13.2 Å². The van der Waals surface area contributed by atoms with Crippen molar-refractivity contribution in [1.29, 1.82) is 0 Å². The van der Waals surface area contributed by atoms with Gasteiger partial charge < -0.3 is 15.1 Å². The lowest BCUT2D eigenvalue weighted by atomic mass is 10.1. The summed E-state index contributed by atoms with van der Waals surface area (Å²) in [5, 5.41) is 15.1. The number of benzene rings is 2. The number of likely N-dealkylation sites (N-methyl/N-ethyl adjacent to an activating group) is 2. The minimum Gasteiger partial charge on any atom is -0.371 e. The number of anilines is 2. The first-order valence-electron chi connectivity index (χ1n) is 12.4. The molecule has 2 heterocycles. The van der Waals surface area contributed by atoms with Gasteiger partial charge in [0.15, 0.2) is 5.82 Å². The predicted molar refractivity (Wildman–Crippen MR) is 144 cm³/mol. The van der Waals surface area contributed by atoms with E-state index in [0.717, 1.165) is 16.8 Å². The van der Waals surface area contributed by atoms with Gasteiger partial charge in [-0.3, -0.25) is 9.48 Å². The third-order valence-corrected chi connectivity index (χ3v) is 6.63. The maximum Gasteiger partial charge on any atom is 0.419 e. The van der Waals surface area contributed by atoms with Crippen LogP contribution >= 0.6 is 0 Å². The van der Waals surface area contributed by atoms with E-state index in [1.54, 1.807) is 49.4 Å². The summed E-state index contributed by atoms with van der Waals surface area (Å²) in [6.45, 7) is 4.50. The summed E-state index contributed by atoms with van der Waals surface area (Å²) in [4.78, 5) is 16.4. The van der Waals surface area contributed by atoms with E-state index in [9.17, 15) is 22.4 Å². The van der Waals surface area contributed by atoms with Gasteiger partial charge in [-0.1, -0.05) is 11.3 Å². The monoisotopic (exact) mass is 558 g/mol. The largest absolute Gasteiger partial charge is 0.419 e. The van der Waals surface area contributed by atoms with Gasteiger partial charge in [0.1, 0.15) is 5.69 Å². The molecule has 0 aliphatic heterocycles. The number of aromatic nitrogens is 5. The van der Waals surface area contributed by atoms with E-state index in [1.165, 1.54) is 22.7 Å². The minimum absolute atomic E-state index is 0.176. The van der Waals surface area contributed by atoms with Crippen LogP contribution in [0.3, 0.4) is 0 Å². The standard InChI is InChI=1S/C27H30F4N8O/c1-16-7-8-18(11-23(16)39-15-22(34-35-39)20-14-32-38(6)17(20)2)26(40)33-19-12-21(27(29,30)31)25(28)24(13-19)37(5)10-9-36(3)4/h7-8,11-15H,9-10H2,1-6H3,(H,33,40). The summed E-state index contributed by atoms with van der Waals surface area (Å²) in [6.07, 6.45) is -1.56. The molecule has 1 N–H and O–H groups in total. The van der Waals surface area contributed by atoms with Crippen molar-refractivity contribution >= 4 is 17.3 Å². The normalized spacial score (nSPS) is 11.8. The average Bonchev–Trinajstić information content (AvgIpc) is 3.49. The molecule has 0 fully saturated rings. The van der Waals surface area contributed by atoms with Crippen LogP contribution in [0.4, 0.5) is 28.9 Å². The van der Waals surface area contributed by atoms with Crippen LogP contribution in [0.1, 0.15) is 27.2 Å². The molecule has 0 radical (unpaired) electrons. The predicted octanol–water partition coefficient (Wildman–Crippen LogP) is 4.69. The third-order valence-electron chi connectivity index (χ3n) is 6.63. The lowest BCUT2D eigenvalue weighted by Crippen LogP contribution is -2.29. The van der Waals surface area contributed by atoms with Gasteiger partial charge in [0.25, 0.3) is 5.91 Å². The van der Waals surface area contributed by atoms with Gasteiger partial charge in [0.2, 0.25) is 0 Å². The Morgan fingerprint density at radius 1 is 1.07 bits per heavy atom. The lowest BCUT2D eigenvalue weighted by Gasteiger charge is -2.24. The first-order chi connectivity index (χ1) is 18.8. The molecular weight excluding hydrogens is 528 g/mol. The maximum absolute atomic E-state index is 14.9. The van der Waals surface area contributed by atoms with Crippen molar-refractivity contribution in [3.8, 4) is 16.9 Å². The second kappa shape index (κ2) is 11.1. The van der Waals surface area contributed by atoms with Gasteiger partial charge in [0.05, 0.1) is 29.3 Å². The van der Waals surface area contributed by atoms with Crippen LogP contribution in [0.2, 0.25) is 0 Å². The van der Waals surface area contributed by atoms with Gasteiger partial charge >= 0.3 is 6.18 Å². The topological polar surface area (TPSA) is 84.1 Å². The van der Waals surface area contributed by atoms with Gasteiger partial charge in [0, 0.05) is 49.7 Å². The molecule has 0 aliphatic carbocycles. The number of carbonyl (C=O) groups is 1. The van der Waals surface area contributed by atoms with Crippen LogP contribution in [-0.4, -0.2) is 69.8 Å². The number of hydrogen-bond donors (Lipinski definition) is 1. The maximum atomic E-state index is 14.9. The molecule has 40 heavy (non-hydrogen) atoms. The van der Waals surface area contributed by atoms with Crippen molar-refractivity contribution < 1.29 is 22.4 Å². The number of aryl methyl sites for hydroxylation is 2. The number of amides is 1. The number of halogens is 4. The summed E-state index contributed by atoms with van der Waals surface area (Å²) < 4.78 is 59.2. The molecule has 0 unspecified atom stereocenters. The van der Waals surface area contributed by atoms with Crippen LogP contribution in [0.15, 0.2) is 42.7 Å². The quantitative estimate of drug-likeness (QED) is 0.316. The first-order valence-corrected chi connectivity index (χ1v) is 12.4. The average molecular weight is 559 g/mol. The molecule has 0 aliphatic rings. The summed E-state index contributed by atoms with van der Waals surface area (Å²) in [7, 11) is 6.92. The second-order valence-electron chi connectivity index (χ2n) is 9.85. The zero-order chi connectivity index (χ0) is 29.4. The highest BCUT2D eigenvalue weighted by atomic mass is 19.4. The Morgan fingerprint density at radius 2 is 1.80 bits per heavy atom. The van der Waals surface area contributed by atoms with E-state index in [1.807, 2.05) is 25.8 Å². The Labute approximate surface area is 229 Å². The number of alkyl halides is 3. The zero-order valence-electron chi connectivity index (χ0n) is 23.0. The molecule has 4 aromatic rings. The third kappa shape index (κ3) is 5.98. The summed E-state index contributed by atoms with van der Waals surface area (Å²) >= 11 is 0. The summed E-state index contributed by atoms with van der Waals surface area (Å²) in [5.74, 6) is -2.05. The van der Waals surface area contributed by atoms with Crippen molar-refractivity contribution in [2.24, 2.45) is 7.05 Å². The van der Waals surface area contributed by atoms with Crippen molar-refractivity contribution in [3.63, 3.8) is 0 Å². The molecule has 0 bridgehead atoms. The zero-order valence-corrected chi connectivity index (χ0v) is 23.0. The summed E-state index contributed by atoms with van der Waals surface area (Å²) in [6, 6.07) is 6.62. The molecule has 0 saturated carbocycles. The van der Waals surface area contributed by atoms with E-state index in [-0.39, 0.29) is 23.5 Å². The molecule has 0 saturated heterocycles. The van der Waals surface area contributed by atoms with E-state index in [2.05, 4.69) is 20.7 Å². The smallest absolute Gasteiger partial charge is 0.371 e. The molecule has 2 aromatic heterocycles. The lowest BCUT2D eigenvalue weighted by molar-refractivity contribution is -0.139. The Hall–Kier alpha value is -4.26.